The summed E-state index contributed by atoms with van der Waals surface area (Å²) >= 11 is 0. The Morgan fingerprint density at radius 3 is 2.50 bits per heavy atom. The molecule has 2 aromatic heterocycles. The fourth-order valence-electron chi connectivity index (χ4n) is 3.16. The number of aromatic nitrogens is 2. The van der Waals surface area contributed by atoms with Gasteiger partial charge in [0, 0.05) is 25.4 Å². The Labute approximate surface area is 152 Å². The van der Waals surface area contributed by atoms with Gasteiger partial charge in [-0.15, -0.1) is 0 Å². The van der Waals surface area contributed by atoms with E-state index in [2.05, 4.69) is 9.88 Å². The molecule has 1 aliphatic heterocycles. The van der Waals surface area contributed by atoms with Crippen molar-refractivity contribution < 1.29 is 4.74 Å². The first kappa shape index (κ1) is 16.4. The minimum Gasteiger partial charge on any atom is -0.489 e. The molecular formula is C21H21N3O2. The van der Waals surface area contributed by atoms with Crippen LogP contribution in [0.1, 0.15) is 18.4 Å². The smallest absolute Gasteiger partial charge is 0.258 e. The van der Waals surface area contributed by atoms with Crippen molar-refractivity contribution in [3.05, 3.63) is 82.9 Å². The monoisotopic (exact) mass is 347 g/mol. The Morgan fingerprint density at radius 2 is 1.81 bits per heavy atom. The number of hydrogen-bond acceptors (Lipinski definition) is 4. The van der Waals surface area contributed by atoms with E-state index < -0.39 is 0 Å². The highest BCUT2D eigenvalue weighted by molar-refractivity contribution is 5.44. The molecular weight excluding hydrogens is 326 g/mol. The number of rotatable bonds is 5. The summed E-state index contributed by atoms with van der Waals surface area (Å²) in [6, 6.07) is 17.1. The number of nitrogens with zero attached hydrogens (tertiary/aromatic N) is 3. The van der Waals surface area contributed by atoms with E-state index in [1.54, 1.807) is 23.0 Å². The minimum absolute atomic E-state index is 0.133. The molecule has 5 nitrogen and oxygen atoms in total. The Hall–Kier alpha value is -3.08. The fourth-order valence-corrected chi connectivity index (χ4v) is 3.16. The second-order valence-corrected chi connectivity index (χ2v) is 6.41. The number of ether oxygens (including phenoxy) is 1. The van der Waals surface area contributed by atoms with Crippen LogP contribution in [-0.2, 0) is 6.61 Å². The predicted octanol–water partition coefficient (Wildman–Crippen LogP) is 3.41. The van der Waals surface area contributed by atoms with Gasteiger partial charge in [0.2, 0.25) is 0 Å². The van der Waals surface area contributed by atoms with Gasteiger partial charge in [0.05, 0.1) is 11.9 Å². The summed E-state index contributed by atoms with van der Waals surface area (Å²) in [6.07, 6.45) is 5.91. The van der Waals surface area contributed by atoms with Crippen LogP contribution in [0.4, 0.5) is 5.82 Å². The predicted molar refractivity (Wildman–Crippen MR) is 102 cm³/mol. The Balaban J connectivity index is 1.48. The highest BCUT2D eigenvalue weighted by Crippen LogP contribution is 2.19. The highest BCUT2D eigenvalue weighted by atomic mass is 16.5. The summed E-state index contributed by atoms with van der Waals surface area (Å²) in [5.41, 5.74) is 1.69. The van der Waals surface area contributed by atoms with E-state index in [-0.39, 0.29) is 5.56 Å². The number of benzene rings is 1. The maximum Gasteiger partial charge on any atom is 0.258 e. The van der Waals surface area contributed by atoms with Gasteiger partial charge in [0.25, 0.3) is 5.56 Å². The molecule has 0 radical (unpaired) electrons. The minimum atomic E-state index is -0.133. The highest BCUT2D eigenvalue weighted by Gasteiger charge is 2.13. The molecule has 0 spiro atoms. The van der Waals surface area contributed by atoms with Crippen molar-refractivity contribution in [2.24, 2.45) is 0 Å². The van der Waals surface area contributed by atoms with Gasteiger partial charge in [-0.3, -0.25) is 9.36 Å². The SMILES string of the molecule is O=c1cc(OCc2ccccc2)ccn1-c1ccc(N2CCCC2)nc1. The molecule has 0 amide bonds. The van der Waals surface area contributed by atoms with Crippen molar-refractivity contribution in [2.45, 2.75) is 19.4 Å². The third-order valence-corrected chi connectivity index (χ3v) is 4.58. The average molecular weight is 347 g/mol. The van der Waals surface area contributed by atoms with Crippen LogP contribution < -0.4 is 15.2 Å². The Kier molecular flexibility index (Phi) is 4.69. The van der Waals surface area contributed by atoms with Gasteiger partial charge in [0.1, 0.15) is 18.2 Å². The van der Waals surface area contributed by atoms with E-state index in [4.69, 9.17) is 4.74 Å². The van der Waals surface area contributed by atoms with Crippen LogP contribution in [0.3, 0.4) is 0 Å². The molecule has 0 aliphatic carbocycles. The van der Waals surface area contributed by atoms with Crippen molar-refractivity contribution in [3.8, 4) is 11.4 Å². The lowest BCUT2D eigenvalue weighted by atomic mass is 10.2. The van der Waals surface area contributed by atoms with E-state index in [1.807, 2.05) is 42.5 Å². The zero-order chi connectivity index (χ0) is 17.8. The largest absolute Gasteiger partial charge is 0.489 e. The number of pyridine rings is 2. The molecule has 1 fully saturated rings. The average Bonchev–Trinajstić information content (AvgIpc) is 3.22. The molecule has 3 heterocycles. The second kappa shape index (κ2) is 7.44. The zero-order valence-electron chi connectivity index (χ0n) is 14.5. The molecule has 1 saturated heterocycles. The van der Waals surface area contributed by atoms with E-state index in [9.17, 15) is 4.79 Å². The first-order valence-corrected chi connectivity index (χ1v) is 8.90. The van der Waals surface area contributed by atoms with E-state index in [0.717, 1.165) is 30.2 Å². The van der Waals surface area contributed by atoms with Gasteiger partial charge in [0.15, 0.2) is 0 Å². The van der Waals surface area contributed by atoms with Crippen LogP contribution in [0, 0.1) is 0 Å². The van der Waals surface area contributed by atoms with Gasteiger partial charge in [-0.05, 0) is 36.6 Å². The molecule has 26 heavy (non-hydrogen) atoms. The van der Waals surface area contributed by atoms with E-state index in [0.29, 0.717) is 12.4 Å². The maximum absolute atomic E-state index is 12.4. The normalized spacial score (nSPS) is 13.8. The molecule has 0 saturated carbocycles. The Morgan fingerprint density at radius 1 is 1.00 bits per heavy atom. The third kappa shape index (κ3) is 3.61. The first-order valence-electron chi connectivity index (χ1n) is 8.90. The van der Waals surface area contributed by atoms with Crippen molar-refractivity contribution >= 4 is 5.82 Å². The van der Waals surface area contributed by atoms with Gasteiger partial charge < -0.3 is 9.64 Å². The molecule has 3 aromatic rings. The van der Waals surface area contributed by atoms with E-state index in [1.165, 1.54) is 18.9 Å². The lowest BCUT2D eigenvalue weighted by Gasteiger charge is -2.16. The molecule has 0 bridgehead atoms. The summed E-state index contributed by atoms with van der Waals surface area (Å²) in [5.74, 6) is 1.54. The fraction of sp³-hybridized carbons (Fsp3) is 0.238. The topological polar surface area (TPSA) is 47.4 Å². The second-order valence-electron chi connectivity index (χ2n) is 6.41. The van der Waals surface area contributed by atoms with Crippen molar-refractivity contribution in [1.82, 2.24) is 9.55 Å². The van der Waals surface area contributed by atoms with Gasteiger partial charge in [-0.2, -0.15) is 0 Å². The lowest BCUT2D eigenvalue weighted by molar-refractivity contribution is 0.305. The quantitative estimate of drug-likeness (QED) is 0.710. The summed E-state index contributed by atoms with van der Waals surface area (Å²) in [7, 11) is 0. The molecule has 1 aromatic carbocycles. The van der Waals surface area contributed by atoms with Crippen LogP contribution in [0.15, 0.2) is 71.8 Å². The summed E-state index contributed by atoms with van der Waals surface area (Å²) < 4.78 is 7.29. The molecule has 132 valence electrons. The van der Waals surface area contributed by atoms with Crippen molar-refractivity contribution in [1.29, 1.82) is 0 Å². The van der Waals surface area contributed by atoms with Crippen LogP contribution in [-0.4, -0.2) is 22.6 Å². The summed E-state index contributed by atoms with van der Waals surface area (Å²) in [6.45, 7) is 2.55. The summed E-state index contributed by atoms with van der Waals surface area (Å²) in [5, 5.41) is 0. The maximum atomic E-state index is 12.4. The Bertz CT molecular complexity index is 914. The zero-order valence-corrected chi connectivity index (χ0v) is 14.5. The molecule has 4 rings (SSSR count). The lowest BCUT2D eigenvalue weighted by Crippen LogP contribution is -2.20. The van der Waals surface area contributed by atoms with E-state index >= 15 is 0 Å². The number of hydrogen-bond donors (Lipinski definition) is 0. The molecule has 1 aliphatic rings. The van der Waals surface area contributed by atoms with Gasteiger partial charge in [-0.1, -0.05) is 30.3 Å². The van der Waals surface area contributed by atoms with Crippen molar-refractivity contribution in [2.75, 3.05) is 18.0 Å². The molecule has 5 heteroatoms. The van der Waals surface area contributed by atoms with Crippen LogP contribution in [0.25, 0.3) is 5.69 Å². The standard InChI is InChI=1S/C21H21N3O2/c25-21-14-19(26-16-17-6-2-1-3-7-17)10-13-24(21)18-8-9-20(22-15-18)23-11-4-5-12-23/h1-3,6-10,13-15H,4-5,11-12,16H2. The number of anilines is 1. The van der Waals surface area contributed by atoms with Crippen LogP contribution in [0.5, 0.6) is 5.75 Å². The third-order valence-electron chi connectivity index (χ3n) is 4.58. The molecule has 0 N–H and O–H groups in total. The first-order chi connectivity index (χ1) is 12.8. The molecule has 0 atom stereocenters. The van der Waals surface area contributed by atoms with Crippen LogP contribution >= 0.6 is 0 Å². The molecule has 0 unspecified atom stereocenters. The van der Waals surface area contributed by atoms with Gasteiger partial charge >= 0.3 is 0 Å². The summed E-state index contributed by atoms with van der Waals surface area (Å²) in [4.78, 5) is 19.2. The van der Waals surface area contributed by atoms with Gasteiger partial charge in [-0.25, -0.2) is 4.98 Å². The van der Waals surface area contributed by atoms with Crippen molar-refractivity contribution in [3.63, 3.8) is 0 Å². The van der Waals surface area contributed by atoms with Crippen LogP contribution in [0.2, 0.25) is 0 Å².